The Morgan fingerprint density at radius 2 is 1.67 bits per heavy atom. The maximum Gasteiger partial charge on any atom is 0.355 e. The van der Waals surface area contributed by atoms with E-state index in [9.17, 15) is 39.4 Å². The van der Waals surface area contributed by atoms with Crippen molar-refractivity contribution in [2.45, 2.75) is 51.6 Å². The standard InChI is InChI=1S/C28H30N4O10S/c1-4-41-23(34)13-14-43-27-24(29-22(33)15-19-7-5-6-8-21(19)32(39)40)26(35)30(27)25(17(2)3)28(36)42-16-18-9-11-20(12-10-18)31(37)38/h5-12,24,27H,4,13-16H2,1-3H3,(H,29,33). The second-order valence-corrected chi connectivity index (χ2v) is 10.7. The van der Waals surface area contributed by atoms with Gasteiger partial charge in [-0.05, 0) is 44.0 Å². The molecule has 0 radical (unpaired) electrons. The molecule has 0 spiro atoms. The molecule has 2 atom stereocenters. The van der Waals surface area contributed by atoms with E-state index in [0.717, 1.165) is 11.8 Å². The molecule has 43 heavy (non-hydrogen) atoms. The highest BCUT2D eigenvalue weighted by Gasteiger charge is 2.52. The van der Waals surface area contributed by atoms with Gasteiger partial charge in [0, 0.05) is 29.5 Å². The Labute approximate surface area is 250 Å². The van der Waals surface area contributed by atoms with Crippen LogP contribution in [-0.2, 0) is 41.7 Å². The normalized spacial score (nSPS) is 15.6. The third-order valence-corrected chi connectivity index (χ3v) is 7.49. The van der Waals surface area contributed by atoms with Gasteiger partial charge in [0.05, 0.1) is 29.3 Å². The van der Waals surface area contributed by atoms with Gasteiger partial charge in [-0.2, -0.15) is 0 Å². The van der Waals surface area contributed by atoms with Crippen molar-refractivity contribution in [3.05, 3.63) is 91.2 Å². The first kappa shape index (κ1) is 32.7. The van der Waals surface area contributed by atoms with E-state index in [1.807, 2.05) is 0 Å². The molecule has 0 bridgehead atoms. The van der Waals surface area contributed by atoms with E-state index in [0.29, 0.717) is 11.1 Å². The predicted octanol–water partition coefficient (Wildman–Crippen LogP) is 3.42. The summed E-state index contributed by atoms with van der Waals surface area (Å²) in [4.78, 5) is 73.6. The van der Waals surface area contributed by atoms with Crippen LogP contribution in [-0.4, -0.2) is 62.3 Å². The molecule has 2 amide bonds. The van der Waals surface area contributed by atoms with Crippen LogP contribution in [0.25, 0.3) is 0 Å². The molecule has 14 nitrogen and oxygen atoms in total. The minimum atomic E-state index is -1.08. The Balaban J connectivity index is 1.77. The first-order valence-corrected chi connectivity index (χ1v) is 14.2. The summed E-state index contributed by atoms with van der Waals surface area (Å²) in [5.74, 6) is -2.31. The molecule has 2 aromatic carbocycles. The minimum absolute atomic E-state index is 0.0165. The Morgan fingerprint density at radius 3 is 2.28 bits per heavy atom. The van der Waals surface area contributed by atoms with Gasteiger partial charge < -0.3 is 14.8 Å². The van der Waals surface area contributed by atoms with Gasteiger partial charge in [-0.1, -0.05) is 18.2 Å². The molecule has 1 heterocycles. The SMILES string of the molecule is CCOC(=O)CCSC1C(NC(=O)Cc2ccccc2[N+](=O)[O-])C(=O)N1C(C(=O)OCc1ccc([N+](=O)[O-])cc1)=C(C)C. The van der Waals surface area contributed by atoms with Gasteiger partial charge in [0.25, 0.3) is 17.3 Å². The van der Waals surface area contributed by atoms with Gasteiger partial charge in [-0.15, -0.1) is 11.8 Å². The van der Waals surface area contributed by atoms with E-state index in [-0.39, 0.29) is 54.4 Å². The fraction of sp³-hybridized carbons (Fsp3) is 0.357. The number of thioether (sulfide) groups is 1. The molecular formula is C28H30N4O10S. The lowest BCUT2D eigenvalue weighted by molar-refractivity contribution is -0.385. The second kappa shape index (κ2) is 14.9. The molecule has 15 heteroatoms. The van der Waals surface area contributed by atoms with Gasteiger partial charge >= 0.3 is 11.9 Å². The number of hydrogen-bond donors (Lipinski definition) is 1. The number of carbonyl (C=O) groups excluding carboxylic acids is 4. The molecule has 1 saturated heterocycles. The predicted molar refractivity (Wildman–Crippen MR) is 154 cm³/mol. The number of para-hydroxylation sites is 1. The Morgan fingerprint density at radius 1 is 1.00 bits per heavy atom. The molecule has 1 aliphatic heterocycles. The van der Waals surface area contributed by atoms with Gasteiger partial charge in [-0.25, -0.2) is 4.79 Å². The second-order valence-electron chi connectivity index (χ2n) is 9.48. The lowest BCUT2D eigenvalue weighted by atomic mass is 10.0. The number of esters is 2. The summed E-state index contributed by atoms with van der Waals surface area (Å²) < 4.78 is 10.4. The average Bonchev–Trinajstić information content (AvgIpc) is 2.96. The monoisotopic (exact) mass is 614 g/mol. The molecule has 1 N–H and O–H groups in total. The number of likely N-dealkylation sites (tertiary alicyclic amines) is 1. The van der Waals surface area contributed by atoms with Crippen molar-refractivity contribution in [2.75, 3.05) is 12.4 Å². The number of benzene rings is 2. The highest BCUT2D eigenvalue weighted by molar-refractivity contribution is 8.00. The summed E-state index contributed by atoms with van der Waals surface area (Å²) >= 11 is 1.15. The first-order valence-electron chi connectivity index (χ1n) is 13.1. The van der Waals surface area contributed by atoms with Gasteiger partial charge in [0.2, 0.25) is 5.91 Å². The maximum absolute atomic E-state index is 13.4. The van der Waals surface area contributed by atoms with E-state index in [2.05, 4.69) is 5.32 Å². The van der Waals surface area contributed by atoms with E-state index in [4.69, 9.17) is 9.47 Å². The highest BCUT2D eigenvalue weighted by Crippen LogP contribution is 2.36. The number of nitrogens with one attached hydrogen (secondary N) is 1. The van der Waals surface area contributed by atoms with Crippen LogP contribution in [0, 0.1) is 20.2 Å². The fourth-order valence-electron chi connectivity index (χ4n) is 4.21. The van der Waals surface area contributed by atoms with Crippen LogP contribution in [0.2, 0.25) is 0 Å². The highest BCUT2D eigenvalue weighted by atomic mass is 32.2. The summed E-state index contributed by atoms with van der Waals surface area (Å²) in [5.41, 5.74) is 0.695. The molecule has 0 saturated carbocycles. The van der Waals surface area contributed by atoms with Crippen molar-refractivity contribution in [1.29, 1.82) is 0 Å². The number of hydrogen-bond acceptors (Lipinski definition) is 11. The minimum Gasteiger partial charge on any atom is -0.466 e. The van der Waals surface area contributed by atoms with Crippen LogP contribution in [0.15, 0.2) is 59.8 Å². The van der Waals surface area contributed by atoms with Crippen LogP contribution in [0.3, 0.4) is 0 Å². The van der Waals surface area contributed by atoms with Crippen LogP contribution >= 0.6 is 11.8 Å². The molecule has 1 aliphatic rings. The zero-order valence-corrected chi connectivity index (χ0v) is 24.5. The van der Waals surface area contributed by atoms with Crippen molar-refractivity contribution >= 4 is 46.9 Å². The van der Waals surface area contributed by atoms with Crippen LogP contribution in [0.5, 0.6) is 0 Å². The Bertz CT molecular complexity index is 1440. The van der Waals surface area contributed by atoms with Crippen LogP contribution < -0.4 is 5.32 Å². The molecule has 0 aliphatic carbocycles. The van der Waals surface area contributed by atoms with Gasteiger partial charge in [-0.3, -0.25) is 39.5 Å². The molecule has 228 valence electrons. The van der Waals surface area contributed by atoms with E-state index in [1.165, 1.54) is 47.4 Å². The summed E-state index contributed by atoms with van der Waals surface area (Å²) in [6.07, 6.45) is -0.337. The number of rotatable bonds is 14. The first-order chi connectivity index (χ1) is 20.4. The van der Waals surface area contributed by atoms with Crippen molar-refractivity contribution in [3.8, 4) is 0 Å². The Hall–Kier alpha value is -4.79. The maximum atomic E-state index is 13.4. The Kier molecular flexibility index (Phi) is 11.3. The number of amides is 2. The van der Waals surface area contributed by atoms with Crippen LogP contribution in [0.1, 0.15) is 38.3 Å². The molecular weight excluding hydrogens is 584 g/mol. The number of nitro groups is 2. The summed E-state index contributed by atoms with van der Waals surface area (Å²) in [6, 6.07) is 10.1. The largest absolute Gasteiger partial charge is 0.466 e. The van der Waals surface area contributed by atoms with E-state index >= 15 is 0 Å². The summed E-state index contributed by atoms with van der Waals surface area (Å²) in [5, 5.41) is 24.0. The number of nitro benzene ring substituents is 2. The van der Waals surface area contributed by atoms with Crippen molar-refractivity contribution in [2.24, 2.45) is 0 Å². The topological polar surface area (TPSA) is 188 Å². The fourth-order valence-corrected chi connectivity index (χ4v) is 5.47. The third-order valence-electron chi connectivity index (χ3n) is 6.22. The third kappa shape index (κ3) is 8.38. The number of β-lactam (4-membered cyclic amide) rings is 1. The van der Waals surface area contributed by atoms with E-state index in [1.54, 1.807) is 26.8 Å². The number of ether oxygens (including phenoxy) is 2. The van der Waals surface area contributed by atoms with E-state index < -0.39 is 45.0 Å². The molecule has 0 aromatic heterocycles. The summed E-state index contributed by atoms with van der Waals surface area (Å²) in [6.45, 7) is 4.87. The smallest absolute Gasteiger partial charge is 0.355 e. The van der Waals surface area contributed by atoms with Gasteiger partial charge in [0.1, 0.15) is 23.7 Å². The molecule has 3 rings (SSSR count). The summed E-state index contributed by atoms with van der Waals surface area (Å²) in [7, 11) is 0. The lowest BCUT2D eigenvalue weighted by Crippen LogP contribution is -2.69. The van der Waals surface area contributed by atoms with Crippen molar-refractivity contribution < 1.29 is 38.5 Å². The van der Waals surface area contributed by atoms with Crippen LogP contribution in [0.4, 0.5) is 11.4 Å². The number of carbonyl (C=O) groups is 4. The molecule has 1 fully saturated rings. The molecule has 2 unspecified atom stereocenters. The zero-order valence-electron chi connectivity index (χ0n) is 23.6. The lowest BCUT2D eigenvalue weighted by Gasteiger charge is -2.47. The number of nitrogens with zero attached hydrogens (tertiary/aromatic N) is 3. The number of allylic oxidation sites excluding steroid dienone is 1. The van der Waals surface area contributed by atoms with Gasteiger partial charge in [0.15, 0.2) is 0 Å². The molecule has 2 aromatic rings. The average molecular weight is 615 g/mol. The number of non-ortho nitro benzene ring substituents is 1. The van der Waals surface area contributed by atoms with Crippen molar-refractivity contribution in [1.82, 2.24) is 10.2 Å². The zero-order chi connectivity index (χ0) is 31.7. The van der Waals surface area contributed by atoms with Crippen molar-refractivity contribution in [3.63, 3.8) is 0 Å². The quantitative estimate of drug-likeness (QED) is 0.108.